The third-order valence-electron chi connectivity index (χ3n) is 4.88. The molecule has 0 spiro atoms. The van der Waals surface area contributed by atoms with Crippen molar-refractivity contribution in [3.8, 4) is 22.5 Å². The number of hydrogen-bond donors (Lipinski definition) is 2. The zero-order valence-electron chi connectivity index (χ0n) is 15.7. The van der Waals surface area contributed by atoms with Crippen molar-refractivity contribution in [3.63, 3.8) is 0 Å². The maximum atomic E-state index is 4.24. The molecule has 0 saturated carbocycles. The van der Waals surface area contributed by atoms with E-state index in [1.54, 1.807) is 12.7 Å². The predicted octanol–water partition coefficient (Wildman–Crippen LogP) is 4.23. The molecule has 0 radical (unpaired) electrons. The lowest BCUT2D eigenvalue weighted by molar-refractivity contribution is 1.31. The molecule has 2 aromatic heterocycles. The Hall–Kier alpha value is -3.49. The van der Waals surface area contributed by atoms with Crippen LogP contribution in [-0.2, 0) is 0 Å². The molecule has 0 bridgehead atoms. The van der Waals surface area contributed by atoms with Gasteiger partial charge in [-0.15, -0.1) is 0 Å². The van der Waals surface area contributed by atoms with Crippen molar-refractivity contribution in [2.45, 2.75) is 0 Å². The summed E-state index contributed by atoms with van der Waals surface area (Å²) in [6.07, 6.45) is 7.24. The summed E-state index contributed by atoms with van der Waals surface area (Å²) in [6, 6.07) is 27.9. The molecule has 0 amide bonds. The fourth-order valence-corrected chi connectivity index (χ4v) is 6.21. The van der Waals surface area contributed by atoms with Gasteiger partial charge in [0.2, 0.25) is 0 Å². The maximum absolute atomic E-state index is 4.24. The maximum Gasteiger partial charge on any atom is 0.0924 e. The Balaban J connectivity index is 1.77. The third kappa shape index (κ3) is 3.39. The number of nitrogens with one attached hydrogen (secondary N) is 2. The van der Waals surface area contributed by atoms with E-state index in [1.807, 2.05) is 12.4 Å². The van der Waals surface area contributed by atoms with Crippen LogP contribution in [0.4, 0.5) is 0 Å². The van der Waals surface area contributed by atoms with Crippen LogP contribution in [-0.4, -0.2) is 19.9 Å². The van der Waals surface area contributed by atoms with E-state index in [0.29, 0.717) is 0 Å². The van der Waals surface area contributed by atoms with E-state index in [2.05, 4.69) is 98.8 Å². The Kier molecular flexibility index (Phi) is 4.77. The highest BCUT2D eigenvalue weighted by molar-refractivity contribution is 7.80. The van der Waals surface area contributed by atoms with Gasteiger partial charge in [0.05, 0.1) is 36.4 Å². The van der Waals surface area contributed by atoms with Crippen LogP contribution in [0.15, 0.2) is 104 Å². The minimum absolute atomic E-state index is 0.793. The summed E-state index contributed by atoms with van der Waals surface area (Å²) in [7, 11) is -0.793. The van der Waals surface area contributed by atoms with Crippen LogP contribution in [0.1, 0.15) is 0 Å². The summed E-state index contributed by atoms with van der Waals surface area (Å²) >= 11 is 0. The van der Waals surface area contributed by atoms with Gasteiger partial charge < -0.3 is 9.97 Å². The van der Waals surface area contributed by atoms with Crippen molar-refractivity contribution >= 4 is 23.8 Å². The van der Waals surface area contributed by atoms with Crippen LogP contribution in [0.3, 0.4) is 0 Å². The molecule has 2 N–H and O–H groups in total. The number of aromatic nitrogens is 4. The number of aromatic amines is 2. The lowest BCUT2D eigenvalue weighted by Gasteiger charge is -2.24. The van der Waals surface area contributed by atoms with Crippen LogP contribution in [0.2, 0.25) is 0 Å². The molecule has 3 aromatic carbocycles. The van der Waals surface area contributed by atoms with E-state index in [-0.39, 0.29) is 0 Å². The fraction of sp³-hybridized carbons (Fsp3) is 0. The Bertz CT molecular complexity index is 1120. The number of H-pyrrole nitrogens is 2. The average Bonchev–Trinajstić information content (AvgIpc) is 3.50. The number of hydrogen-bond acceptors (Lipinski definition) is 2. The summed E-state index contributed by atoms with van der Waals surface area (Å²) in [5.41, 5.74) is 4.42. The van der Waals surface area contributed by atoms with Gasteiger partial charge in [0.1, 0.15) is 0 Å². The molecule has 5 heteroatoms. The minimum atomic E-state index is -0.793. The Morgan fingerprint density at radius 2 is 1.03 bits per heavy atom. The van der Waals surface area contributed by atoms with Gasteiger partial charge in [0.15, 0.2) is 0 Å². The molecule has 140 valence electrons. The molecule has 0 aliphatic rings. The summed E-state index contributed by atoms with van der Waals surface area (Å²) in [5.74, 6) is 0. The summed E-state index contributed by atoms with van der Waals surface area (Å²) < 4.78 is 0. The highest BCUT2D eigenvalue weighted by Crippen LogP contribution is 2.39. The van der Waals surface area contributed by atoms with E-state index < -0.39 is 7.92 Å². The number of imidazole rings is 2. The highest BCUT2D eigenvalue weighted by atomic mass is 31.1. The number of benzene rings is 3. The Morgan fingerprint density at radius 3 is 1.52 bits per heavy atom. The van der Waals surface area contributed by atoms with E-state index in [4.69, 9.17) is 0 Å². The molecule has 0 saturated heterocycles. The normalized spacial score (nSPS) is 11.1. The molecular formula is C24H19N4P. The lowest BCUT2D eigenvalue weighted by Crippen LogP contribution is -2.23. The zero-order chi connectivity index (χ0) is 19.5. The molecule has 0 aliphatic carbocycles. The fourth-order valence-electron chi connectivity index (χ4n) is 3.58. The van der Waals surface area contributed by atoms with Crippen LogP contribution in [0, 0.1) is 0 Å². The highest BCUT2D eigenvalue weighted by Gasteiger charge is 2.23. The molecule has 4 nitrogen and oxygen atoms in total. The van der Waals surface area contributed by atoms with Crippen LogP contribution < -0.4 is 15.9 Å². The van der Waals surface area contributed by atoms with Gasteiger partial charge in [-0.25, -0.2) is 9.97 Å². The average molecular weight is 394 g/mol. The second-order valence-corrected chi connectivity index (χ2v) is 8.79. The standard InChI is InChI=1S/C24H19N4P/c1-2-8-18(9-3-1)29(23-12-6-4-10-19(23)21-14-25-16-27-21)24-13-7-5-11-20(24)22-15-26-17-28-22/h1-17H,(H,25,27)(H,26,28). The first kappa shape index (κ1) is 17.6. The third-order valence-corrected chi connectivity index (χ3v) is 7.44. The molecule has 2 heterocycles. The van der Waals surface area contributed by atoms with Crippen LogP contribution in [0.5, 0.6) is 0 Å². The van der Waals surface area contributed by atoms with Crippen molar-refractivity contribution in [1.82, 2.24) is 19.9 Å². The second-order valence-electron chi connectivity index (χ2n) is 6.64. The summed E-state index contributed by atoms with van der Waals surface area (Å²) in [5, 5.41) is 3.90. The SMILES string of the molecule is c1ccc(P(c2ccccc2-c2cnc[nH]2)c2ccccc2-c2cnc[nH]2)cc1. The smallest absolute Gasteiger partial charge is 0.0924 e. The predicted molar refractivity (Wildman–Crippen MR) is 120 cm³/mol. The molecule has 5 aromatic rings. The van der Waals surface area contributed by atoms with E-state index in [9.17, 15) is 0 Å². The van der Waals surface area contributed by atoms with E-state index >= 15 is 0 Å². The second kappa shape index (κ2) is 7.86. The van der Waals surface area contributed by atoms with Crippen LogP contribution in [0.25, 0.3) is 22.5 Å². The molecule has 0 atom stereocenters. The van der Waals surface area contributed by atoms with Gasteiger partial charge in [-0.1, -0.05) is 78.9 Å². The molecule has 0 fully saturated rings. The largest absolute Gasteiger partial charge is 0.345 e. The number of nitrogens with zero attached hydrogens (tertiary/aromatic N) is 2. The van der Waals surface area contributed by atoms with Crippen molar-refractivity contribution in [2.75, 3.05) is 0 Å². The van der Waals surface area contributed by atoms with E-state index in [0.717, 1.165) is 11.4 Å². The Labute approximate surface area is 170 Å². The van der Waals surface area contributed by atoms with E-state index in [1.165, 1.54) is 27.0 Å². The first-order chi connectivity index (χ1) is 14.4. The molecule has 0 aliphatic heterocycles. The van der Waals surface area contributed by atoms with Gasteiger partial charge in [-0.2, -0.15) is 0 Å². The van der Waals surface area contributed by atoms with Crippen molar-refractivity contribution in [3.05, 3.63) is 104 Å². The quantitative estimate of drug-likeness (QED) is 0.439. The first-order valence-corrected chi connectivity index (χ1v) is 10.8. The van der Waals surface area contributed by atoms with Gasteiger partial charge in [-0.3, -0.25) is 0 Å². The van der Waals surface area contributed by atoms with Crippen molar-refractivity contribution in [1.29, 1.82) is 0 Å². The number of rotatable bonds is 5. The molecule has 0 unspecified atom stereocenters. The lowest BCUT2D eigenvalue weighted by atomic mass is 10.2. The topological polar surface area (TPSA) is 57.4 Å². The van der Waals surface area contributed by atoms with Crippen molar-refractivity contribution in [2.24, 2.45) is 0 Å². The monoisotopic (exact) mass is 394 g/mol. The first-order valence-electron chi connectivity index (χ1n) is 9.42. The van der Waals surface area contributed by atoms with Gasteiger partial charge >= 0.3 is 0 Å². The minimum Gasteiger partial charge on any atom is -0.345 e. The van der Waals surface area contributed by atoms with Gasteiger partial charge in [0, 0.05) is 11.1 Å². The van der Waals surface area contributed by atoms with Gasteiger partial charge in [0.25, 0.3) is 0 Å². The summed E-state index contributed by atoms with van der Waals surface area (Å²) in [4.78, 5) is 15.0. The van der Waals surface area contributed by atoms with Crippen molar-refractivity contribution < 1.29 is 0 Å². The van der Waals surface area contributed by atoms with Gasteiger partial charge in [-0.05, 0) is 23.8 Å². The molecule has 29 heavy (non-hydrogen) atoms. The summed E-state index contributed by atoms with van der Waals surface area (Å²) in [6.45, 7) is 0. The molecular weight excluding hydrogens is 375 g/mol. The zero-order valence-corrected chi connectivity index (χ0v) is 16.6. The molecule has 5 rings (SSSR count). The van der Waals surface area contributed by atoms with Crippen LogP contribution >= 0.6 is 7.92 Å². The Morgan fingerprint density at radius 1 is 0.552 bits per heavy atom.